The summed E-state index contributed by atoms with van der Waals surface area (Å²) in [6.07, 6.45) is 2.69. The maximum absolute atomic E-state index is 13.9. The maximum atomic E-state index is 13.9. The van der Waals surface area contributed by atoms with Crippen LogP contribution in [-0.2, 0) is 10.0 Å². The number of hydrogen-bond acceptors (Lipinski definition) is 5. The van der Waals surface area contributed by atoms with Gasteiger partial charge in [-0.15, -0.1) is 11.3 Å². The van der Waals surface area contributed by atoms with Crippen LogP contribution in [-0.4, -0.2) is 25.0 Å². The van der Waals surface area contributed by atoms with Crippen molar-refractivity contribution in [2.45, 2.75) is 11.5 Å². The van der Waals surface area contributed by atoms with Gasteiger partial charge in [-0.05, 0) is 6.07 Å². The van der Waals surface area contributed by atoms with E-state index in [2.05, 4.69) is 14.7 Å². The van der Waals surface area contributed by atoms with Crippen molar-refractivity contribution in [1.29, 1.82) is 0 Å². The van der Waals surface area contributed by atoms with Crippen LogP contribution in [0.15, 0.2) is 40.9 Å². The number of H-pyrrole nitrogens is 1. The minimum Gasteiger partial charge on any atom is -0.432 e. The van der Waals surface area contributed by atoms with Crippen molar-refractivity contribution in [2.75, 3.05) is 4.72 Å². The highest BCUT2D eigenvalue weighted by molar-refractivity contribution is 7.92. The normalized spacial score (nSPS) is 11.7. The Morgan fingerprint density at radius 3 is 2.62 bits per heavy atom. The van der Waals surface area contributed by atoms with Crippen LogP contribution in [0.1, 0.15) is 0 Å². The summed E-state index contributed by atoms with van der Waals surface area (Å²) < 4.78 is 82.1. The summed E-state index contributed by atoms with van der Waals surface area (Å²) in [5, 5.41) is 2.24. The molecule has 1 aromatic carbocycles. The lowest BCUT2D eigenvalue weighted by Crippen LogP contribution is -2.14. The van der Waals surface area contributed by atoms with Crippen LogP contribution in [0, 0.1) is 11.6 Å². The second-order valence-electron chi connectivity index (χ2n) is 4.83. The number of aromatic amines is 1. The molecule has 6 nitrogen and oxygen atoms in total. The average molecular weight is 407 g/mol. The molecule has 0 atom stereocenters. The van der Waals surface area contributed by atoms with Gasteiger partial charge in [-0.2, -0.15) is 8.78 Å². The fraction of sp³-hybridized carbons (Fsp3) is 0.0714. The number of sulfonamides is 1. The zero-order chi connectivity index (χ0) is 18.9. The second kappa shape index (κ2) is 6.96. The summed E-state index contributed by atoms with van der Waals surface area (Å²) in [5.74, 6) is -3.66. The Morgan fingerprint density at radius 1 is 1.19 bits per heavy atom. The number of benzene rings is 1. The van der Waals surface area contributed by atoms with Gasteiger partial charge in [-0.1, -0.05) is 0 Å². The molecule has 0 spiro atoms. The van der Waals surface area contributed by atoms with Crippen molar-refractivity contribution in [3.05, 3.63) is 47.6 Å². The highest BCUT2D eigenvalue weighted by Crippen LogP contribution is 2.29. The number of aromatic nitrogens is 2. The molecule has 0 radical (unpaired) electrons. The molecule has 0 unspecified atom stereocenters. The van der Waals surface area contributed by atoms with Gasteiger partial charge in [0, 0.05) is 29.9 Å². The van der Waals surface area contributed by atoms with Crippen LogP contribution >= 0.6 is 11.3 Å². The third-order valence-corrected chi connectivity index (χ3v) is 5.26. The lowest BCUT2D eigenvalue weighted by Gasteiger charge is -2.11. The predicted molar refractivity (Wildman–Crippen MR) is 85.7 cm³/mol. The highest BCUT2D eigenvalue weighted by Gasteiger charge is 2.21. The largest absolute Gasteiger partial charge is 0.432 e. The van der Waals surface area contributed by atoms with E-state index in [0.29, 0.717) is 22.8 Å². The van der Waals surface area contributed by atoms with Gasteiger partial charge < -0.3 is 9.72 Å². The van der Waals surface area contributed by atoms with Crippen molar-refractivity contribution in [3.63, 3.8) is 0 Å². The van der Waals surface area contributed by atoms with E-state index in [4.69, 9.17) is 0 Å². The standard InChI is InChI=1S/C14H9F4N3O3S2/c15-8-5-12(24-14(17)18)9(16)4-10(8)21-26(22,23)7-3-11(20-6-7)13-19-1-2-25-13/h1-6,14,20-21H. The van der Waals surface area contributed by atoms with E-state index >= 15 is 0 Å². The van der Waals surface area contributed by atoms with Crippen LogP contribution in [0.5, 0.6) is 5.75 Å². The minimum atomic E-state index is -4.26. The van der Waals surface area contributed by atoms with E-state index in [1.54, 1.807) is 5.38 Å². The molecule has 26 heavy (non-hydrogen) atoms. The fourth-order valence-corrected chi connectivity index (χ4v) is 3.67. The van der Waals surface area contributed by atoms with Crippen LogP contribution in [0.25, 0.3) is 10.7 Å². The molecule has 0 aliphatic carbocycles. The zero-order valence-electron chi connectivity index (χ0n) is 12.5. The predicted octanol–water partition coefficient (Wildman–Crippen LogP) is 3.82. The molecule has 0 fully saturated rings. The summed E-state index contributed by atoms with van der Waals surface area (Å²) in [5.41, 5.74) is -0.325. The minimum absolute atomic E-state index is 0.240. The number of alkyl halides is 2. The van der Waals surface area contributed by atoms with Crippen LogP contribution < -0.4 is 9.46 Å². The molecule has 0 amide bonds. The molecule has 0 saturated heterocycles. The summed E-state index contributed by atoms with van der Waals surface area (Å²) >= 11 is 1.27. The first kappa shape index (κ1) is 18.2. The summed E-state index contributed by atoms with van der Waals surface area (Å²) in [4.78, 5) is 6.49. The van der Waals surface area contributed by atoms with Crippen LogP contribution in [0.2, 0.25) is 0 Å². The van der Waals surface area contributed by atoms with Crippen molar-refractivity contribution >= 4 is 27.0 Å². The first-order valence-electron chi connectivity index (χ1n) is 6.81. The second-order valence-corrected chi connectivity index (χ2v) is 7.41. The molecule has 3 rings (SSSR count). The first-order chi connectivity index (χ1) is 12.3. The number of nitrogens with zero attached hydrogens (tertiary/aromatic N) is 1. The molecule has 12 heteroatoms. The van der Waals surface area contributed by atoms with E-state index in [0.717, 1.165) is 6.20 Å². The lowest BCUT2D eigenvalue weighted by molar-refractivity contribution is -0.0523. The van der Waals surface area contributed by atoms with Crippen molar-refractivity contribution in [3.8, 4) is 16.5 Å². The Morgan fingerprint density at radius 2 is 1.96 bits per heavy atom. The molecule has 0 aliphatic heterocycles. The summed E-state index contributed by atoms with van der Waals surface area (Å²) in [6, 6.07) is 2.01. The van der Waals surface area contributed by atoms with E-state index in [9.17, 15) is 26.0 Å². The SMILES string of the molecule is O=S(=O)(Nc1cc(F)c(OC(F)F)cc1F)c1c[nH]c(-c2nccs2)c1. The Hall–Kier alpha value is -2.60. The average Bonchev–Trinajstić information content (AvgIpc) is 3.22. The lowest BCUT2D eigenvalue weighted by atomic mass is 10.3. The quantitative estimate of drug-likeness (QED) is 0.609. The van der Waals surface area contributed by atoms with Crippen LogP contribution in [0.4, 0.5) is 23.2 Å². The third-order valence-electron chi connectivity index (χ3n) is 3.11. The Labute approximate surface area is 148 Å². The molecule has 0 aliphatic rings. The number of hydrogen-bond donors (Lipinski definition) is 2. The zero-order valence-corrected chi connectivity index (χ0v) is 14.2. The molecule has 0 saturated carbocycles. The fourth-order valence-electron chi connectivity index (χ4n) is 2.01. The number of anilines is 1. The molecular weight excluding hydrogens is 398 g/mol. The van der Waals surface area contributed by atoms with Gasteiger partial charge in [0.05, 0.1) is 11.4 Å². The van der Waals surface area contributed by atoms with E-state index in [1.165, 1.54) is 23.6 Å². The monoisotopic (exact) mass is 407 g/mol. The highest BCUT2D eigenvalue weighted by atomic mass is 32.2. The Kier molecular flexibility index (Phi) is 4.87. The smallest absolute Gasteiger partial charge is 0.387 e. The molecule has 2 N–H and O–H groups in total. The maximum Gasteiger partial charge on any atom is 0.387 e. The summed E-state index contributed by atoms with van der Waals surface area (Å²) in [7, 11) is -4.26. The van der Waals surface area contributed by atoms with Gasteiger partial charge in [0.1, 0.15) is 9.90 Å². The Balaban J connectivity index is 1.87. The molecule has 138 valence electrons. The number of halogens is 4. The third kappa shape index (κ3) is 3.80. The van der Waals surface area contributed by atoms with E-state index in [1.807, 2.05) is 4.72 Å². The van der Waals surface area contributed by atoms with Crippen LogP contribution in [0.3, 0.4) is 0 Å². The molecule has 2 aromatic heterocycles. The van der Waals surface area contributed by atoms with Gasteiger partial charge in [0.15, 0.2) is 17.4 Å². The van der Waals surface area contributed by atoms with E-state index < -0.39 is 39.7 Å². The molecule has 0 bridgehead atoms. The number of rotatable bonds is 6. The molecule has 2 heterocycles. The van der Waals surface area contributed by atoms with Crippen molar-refractivity contribution in [1.82, 2.24) is 9.97 Å². The Bertz CT molecular complexity index is 1020. The molecular formula is C14H9F4N3O3S2. The van der Waals surface area contributed by atoms with Gasteiger partial charge in [-0.25, -0.2) is 22.2 Å². The van der Waals surface area contributed by atoms with E-state index in [-0.39, 0.29) is 4.90 Å². The number of nitrogens with one attached hydrogen (secondary N) is 2. The topological polar surface area (TPSA) is 84.1 Å². The van der Waals surface area contributed by atoms with Gasteiger partial charge in [-0.3, -0.25) is 4.72 Å². The molecule has 3 aromatic rings. The number of ether oxygens (including phenoxy) is 1. The van der Waals surface area contributed by atoms with Crippen molar-refractivity contribution < 1.29 is 30.7 Å². The van der Waals surface area contributed by atoms with Gasteiger partial charge >= 0.3 is 6.61 Å². The first-order valence-corrected chi connectivity index (χ1v) is 9.17. The number of thiazole rings is 1. The summed E-state index contributed by atoms with van der Waals surface area (Å²) in [6.45, 7) is -3.35. The van der Waals surface area contributed by atoms with Gasteiger partial charge in [0.25, 0.3) is 10.0 Å². The van der Waals surface area contributed by atoms with Gasteiger partial charge in [0.2, 0.25) is 0 Å². The van der Waals surface area contributed by atoms with Crippen molar-refractivity contribution in [2.24, 2.45) is 0 Å².